The van der Waals surface area contributed by atoms with Crippen molar-refractivity contribution in [3.05, 3.63) is 106 Å². The largest absolute Gasteiger partial charge is 0.507 e. The highest BCUT2D eigenvalue weighted by atomic mass is 32.2. The summed E-state index contributed by atoms with van der Waals surface area (Å²) in [5, 5.41) is 13.8. The van der Waals surface area contributed by atoms with Crippen LogP contribution >= 0.6 is 23.5 Å². The van der Waals surface area contributed by atoms with Crippen molar-refractivity contribution in [1.29, 1.82) is 0 Å². The van der Waals surface area contributed by atoms with Gasteiger partial charge in [-0.15, -0.1) is 0 Å². The summed E-state index contributed by atoms with van der Waals surface area (Å²) in [6.45, 7) is 15.8. The minimum absolute atomic E-state index is 0.162. The van der Waals surface area contributed by atoms with Crippen molar-refractivity contribution < 1.29 is 9.84 Å². The summed E-state index contributed by atoms with van der Waals surface area (Å²) in [5.74, 6) is 1.82. The predicted molar refractivity (Wildman–Crippen MR) is 207 cm³/mol. The fourth-order valence-corrected chi connectivity index (χ4v) is 10.2. The second-order valence-electron chi connectivity index (χ2n) is 13.8. The molecule has 1 aliphatic rings. The molecule has 2 nitrogen and oxygen atoms in total. The van der Waals surface area contributed by atoms with Crippen molar-refractivity contribution in [2.45, 2.75) is 112 Å². The molecule has 0 aliphatic heterocycles. The van der Waals surface area contributed by atoms with Gasteiger partial charge in [-0.1, -0.05) is 106 Å². The van der Waals surface area contributed by atoms with Gasteiger partial charge in [0, 0.05) is 25.5 Å². The number of phenols is 1. The number of methoxy groups -OCH3 is 1. The van der Waals surface area contributed by atoms with Gasteiger partial charge in [0.15, 0.2) is 0 Å². The molecule has 0 aromatic heterocycles. The number of ether oxygens (including phenoxy) is 1. The zero-order chi connectivity index (χ0) is 34.2. The molecule has 1 N–H and O–H groups in total. The fraction of sp³-hybridized carbons (Fsp3) is 0.364. The molecule has 5 aromatic carbocycles. The summed E-state index contributed by atoms with van der Waals surface area (Å²) < 4.78 is 5.98. The van der Waals surface area contributed by atoms with E-state index in [-0.39, 0.29) is 5.41 Å². The summed E-state index contributed by atoms with van der Waals surface area (Å²) in [7, 11) is 1.73. The molecule has 250 valence electrons. The van der Waals surface area contributed by atoms with Crippen LogP contribution in [0.3, 0.4) is 0 Å². The minimum Gasteiger partial charge on any atom is -0.507 e. The molecule has 0 saturated heterocycles. The number of benzene rings is 5. The first-order chi connectivity index (χ1) is 23.1. The van der Waals surface area contributed by atoms with E-state index in [2.05, 4.69) is 121 Å². The van der Waals surface area contributed by atoms with Gasteiger partial charge in [-0.25, -0.2) is 0 Å². The van der Waals surface area contributed by atoms with Crippen LogP contribution in [-0.4, -0.2) is 12.2 Å². The molecule has 6 rings (SSSR count). The van der Waals surface area contributed by atoms with Crippen molar-refractivity contribution in [1.82, 2.24) is 0 Å². The van der Waals surface area contributed by atoms with E-state index in [1.54, 1.807) is 18.9 Å². The van der Waals surface area contributed by atoms with Gasteiger partial charge in [-0.3, -0.25) is 0 Å². The van der Waals surface area contributed by atoms with Crippen molar-refractivity contribution in [2.75, 3.05) is 7.11 Å². The van der Waals surface area contributed by atoms with Gasteiger partial charge in [0.25, 0.3) is 0 Å². The Bertz CT molecular complexity index is 1930. The molecule has 5 aromatic rings. The van der Waals surface area contributed by atoms with Crippen molar-refractivity contribution in [3.8, 4) is 22.6 Å². The lowest BCUT2D eigenvalue weighted by Crippen LogP contribution is -2.26. The van der Waals surface area contributed by atoms with E-state index < -0.39 is 0 Å². The van der Waals surface area contributed by atoms with E-state index in [9.17, 15) is 5.11 Å². The van der Waals surface area contributed by atoms with Crippen molar-refractivity contribution in [2.24, 2.45) is 5.92 Å². The highest BCUT2D eigenvalue weighted by Crippen LogP contribution is 2.59. The summed E-state index contributed by atoms with van der Waals surface area (Å²) in [6.07, 6.45) is 6.77. The van der Waals surface area contributed by atoms with E-state index >= 15 is 0 Å². The summed E-state index contributed by atoms with van der Waals surface area (Å²) in [5.41, 5.74) is 10.3. The average Bonchev–Trinajstić information content (AvgIpc) is 3.33. The molecule has 0 bridgehead atoms. The van der Waals surface area contributed by atoms with Crippen LogP contribution < -0.4 is 4.74 Å². The molecule has 1 unspecified atom stereocenters. The first-order valence-electron chi connectivity index (χ1n) is 17.7. The highest BCUT2D eigenvalue weighted by molar-refractivity contribution is 7.99. The Hall–Kier alpha value is -3.34. The normalized spacial score (nSPS) is 15.3. The first-order valence-corrected chi connectivity index (χ1v) is 19.3. The number of aromatic hydroxyl groups is 1. The summed E-state index contributed by atoms with van der Waals surface area (Å²) >= 11 is 3.65. The Balaban J connectivity index is 1.60. The van der Waals surface area contributed by atoms with Crippen LogP contribution in [0.5, 0.6) is 11.5 Å². The third-order valence-corrected chi connectivity index (χ3v) is 13.5. The molecular weight excluding hydrogens is 625 g/mol. The van der Waals surface area contributed by atoms with Gasteiger partial charge in [-0.05, 0) is 133 Å². The lowest BCUT2D eigenvalue weighted by Gasteiger charge is -2.34. The van der Waals surface area contributed by atoms with Crippen molar-refractivity contribution >= 4 is 34.3 Å². The number of phenolic OH excluding ortho intramolecular Hbond substituents is 1. The van der Waals surface area contributed by atoms with Gasteiger partial charge in [0.05, 0.1) is 12.0 Å². The number of hydrogen-bond acceptors (Lipinski definition) is 4. The Morgan fingerprint density at radius 1 is 0.708 bits per heavy atom. The van der Waals surface area contributed by atoms with Gasteiger partial charge in [0.1, 0.15) is 11.5 Å². The smallest absolute Gasteiger partial charge is 0.133 e. The molecule has 1 aliphatic carbocycles. The van der Waals surface area contributed by atoms with Crippen LogP contribution in [0, 0.1) is 33.6 Å². The van der Waals surface area contributed by atoms with E-state index in [0.29, 0.717) is 11.7 Å². The SMILES string of the molecule is CCCC1(CCC(CC)CC)c2cc(Sc3c(C)cccc3C)ccc2-c2c1cc(O)c1cc(OC)c(Sc3c(C)cccc3C)cc21. The molecule has 0 spiro atoms. The van der Waals surface area contributed by atoms with Crippen LogP contribution in [0.2, 0.25) is 0 Å². The van der Waals surface area contributed by atoms with Gasteiger partial charge in [-0.2, -0.15) is 0 Å². The summed E-state index contributed by atoms with van der Waals surface area (Å²) in [4.78, 5) is 4.95. The van der Waals surface area contributed by atoms with E-state index in [1.165, 1.54) is 78.5 Å². The lowest BCUT2D eigenvalue weighted by molar-refractivity contribution is 0.355. The second kappa shape index (κ2) is 14.3. The summed E-state index contributed by atoms with van der Waals surface area (Å²) in [6, 6.07) is 26.7. The minimum atomic E-state index is -0.162. The van der Waals surface area contributed by atoms with Gasteiger partial charge < -0.3 is 9.84 Å². The zero-order valence-electron chi connectivity index (χ0n) is 29.9. The van der Waals surface area contributed by atoms with Crippen molar-refractivity contribution in [3.63, 3.8) is 0 Å². The number of aryl methyl sites for hydroxylation is 4. The maximum absolute atomic E-state index is 11.8. The fourth-order valence-electron chi connectivity index (χ4n) is 8.05. The van der Waals surface area contributed by atoms with E-state index in [4.69, 9.17) is 4.74 Å². The molecule has 48 heavy (non-hydrogen) atoms. The topological polar surface area (TPSA) is 29.5 Å². The lowest BCUT2D eigenvalue weighted by atomic mass is 9.70. The Kier molecular flexibility index (Phi) is 10.3. The third kappa shape index (κ3) is 6.16. The maximum Gasteiger partial charge on any atom is 0.133 e. The van der Waals surface area contributed by atoms with Gasteiger partial charge in [0.2, 0.25) is 0 Å². The second-order valence-corrected chi connectivity index (χ2v) is 15.9. The number of rotatable bonds is 12. The van der Waals surface area contributed by atoms with Crippen LogP contribution in [0.1, 0.15) is 92.7 Å². The van der Waals surface area contributed by atoms with E-state index in [0.717, 1.165) is 40.7 Å². The monoisotopic (exact) mass is 674 g/mol. The number of hydrogen-bond donors (Lipinski definition) is 1. The highest BCUT2D eigenvalue weighted by Gasteiger charge is 2.44. The van der Waals surface area contributed by atoms with Crippen LogP contribution in [-0.2, 0) is 5.41 Å². The van der Waals surface area contributed by atoms with Crippen LogP contribution in [0.25, 0.3) is 21.9 Å². The Morgan fingerprint density at radius 2 is 1.33 bits per heavy atom. The molecule has 0 amide bonds. The molecule has 0 fully saturated rings. The molecule has 0 radical (unpaired) electrons. The average molecular weight is 675 g/mol. The third-order valence-electron chi connectivity index (χ3n) is 10.8. The zero-order valence-corrected chi connectivity index (χ0v) is 31.6. The Morgan fingerprint density at radius 3 is 1.92 bits per heavy atom. The standard InChI is InChI=1S/C44H50O2S2/c1-9-21-44(22-20-31(10-2)11-3)36-23-32(47-42-27(4)14-12-15-28(42)5)18-19-33(36)41-35-25-40(48-43-29(6)16-13-17-30(43)7)39(46-8)24-34(35)38(45)26-37(41)44/h12-19,23-26,31,45H,9-11,20-22H2,1-8H3. The molecule has 4 heteroatoms. The van der Waals surface area contributed by atoms with Crippen LogP contribution in [0.15, 0.2) is 92.4 Å². The number of fused-ring (bicyclic) bond motifs is 5. The van der Waals surface area contributed by atoms with E-state index in [1.807, 2.05) is 11.8 Å². The van der Waals surface area contributed by atoms with Gasteiger partial charge >= 0.3 is 0 Å². The Labute approximate surface area is 296 Å². The predicted octanol–water partition coefficient (Wildman–Crippen LogP) is 13.4. The molecular formula is C44H50O2S2. The quantitative estimate of drug-likeness (QED) is 0.143. The maximum atomic E-state index is 11.8. The molecule has 0 heterocycles. The van der Waals surface area contributed by atoms with Crippen LogP contribution in [0.4, 0.5) is 0 Å². The molecule has 1 atom stereocenters. The first kappa shape index (κ1) is 34.5. The molecule has 0 saturated carbocycles.